The van der Waals surface area contributed by atoms with E-state index in [4.69, 9.17) is 4.74 Å². The average Bonchev–Trinajstić information content (AvgIpc) is 2.33. The maximum atomic E-state index is 9.26. The van der Waals surface area contributed by atoms with Gasteiger partial charge in [-0.15, -0.1) is 5.10 Å². The first-order valence-corrected chi connectivity index (χ1v) is 6.91. The number of aromatic nitrogens is 2. The van der Waals surface area contributed by atoms with Crippen LogP contribution in [0.15, 0.2) is 0 Å². The van der Waals surface area contributed by atoms with E-state index in [2.05, 4.69) is 30.1 Å². The molecule has 0 saturated heterocycles. The van der Waals surface area contributed by atoms with Gasteiger partial charge in [0, 0.05) is 0 Å². The highest BCUT2D eigenvalue weighted by molar-refractivity contribution is 5.44. The third-order valence-electron chi connectivity index (χ3n) is 3.95. The van der Waals surface area contributed by atoms with Gasteiger partial charge in [-0.25, -0.2) is 0 Å². The Morgan fingerprint density at radius 3 is 2.32 bits per heavy atom. The molecule has 0 amide bonds. The molecule has 102 valence electrons. The Labute approximate surface area is 114 Å². The molecule has 1 fully saturated rings. The van der Waals surface area contributed by atoms with Crippen molar-refractivity contribution in [3.8, 4) is 11.9 Å². The smallest absolute Gasteiger partial charge is 0.252 e. The van der Waals surface area contributed by atoms with Gasteiger partial charge in [-0.3, -0.25) is 0 Å². The third kappa shape index (κ3) is 3.04. The Morgan fingerprint density at radius 2 is 1.74 bits per heavy atom. The van der Waals surface area contributed by atoms with E-state index in [1.165, 1.54) is 6.42 Å². The van der Waals surface area contributed by atoms with Gasteiger partial charge in [0.1, 0.15) is 17.7 Å². The zero-order chi connectivity index (χ0) is 14.0. The Balaban J connectivity index is 2.20. The molecule has 1 aromatic heterocycles. The topological polar surface area (TPSA) is 58.8 Å². The summed E-state index contributed by atoms with van der Waals surface area (Å²) in [6, 6.07) is 2.19. The molecule has 1 aliphatic rings. The van der Waals surface area contributed by atoms with Gasteiger partial charge in [0.2, 0.25) is 0 Å². The molecular weight excluding hydrogens is 238 g/mol. The fourth-order valence-electron chi connectivity index (χ4n) is 2.93. The molecule has 0 radical (unpaired) electrons. The van der Waals surface area contributed by atoms with Gasteiger partial charge < -0.3 is 4.74 Å². The molecule has 0 N–H and O–H groups in total. The van der Waals surface area contributed by atoms with E-state index in [-0.39, 0.29) is 6.10 Å². The van der Waals surface area contributed by atoms with Crippen LogP contribution >= 0.6 is 0 Å². The number of hydrogen-bond donors (Lipinski definition) is 0. The molecule has 0 spiro atoms. The molecule has 2 rings (SSSR count). The first kappa shape index (κ1) is 13.8. The molecule has 4 nitrogen and oxygen atoms in total. The number of hydrogen-bond acceptors (Lipinski definition) is 4. The average molecular weight is 259 g/mol. The van der Waals surface area contributed by atoms with E-state index in [1.54, 1.807) is 0 Å². The molecule has 0 aromatic carbocycles. The van der Waals surface area contributed by atoms with E-state index in [0.29, 0.717) is 23.3 Å². The summed E-state index contributed by atoms with van der Waals surface area (Å²) in [5, 5.41) is 17.4. The van der Waals surface area contributed by atoms with Gasteiger partial charge in [0.05, 0.1) is 5.69 Å². The summed E-state index contributed by atoms with van der Waals surface area (Å²) >= 11 is 0. The summed E-state index contributed by atoms with van der Waals surface area (Å²) in [6.45, 7) is 8.26. The van der Waals surface area contributed by atoms with E-state index >= 15 is 0 Å². The fourth-order valence-corrected chi connectivity index (χ4v) is 2.93. The SMILES string of the molecule is Cc1nnc(OC2CC(C)CC(C)C2)c(C#N)c1C. The lowest BCUT2D eigenvalue weighted by atomic mass is 9.82. The minimum Gasteiger partial charge on any atom is -0.472 e. The number of rotatable bonds is 2. The van der Waals surface area contributed by atoms with Crippen molar-refractivity contribution in [2.75, 3.05) is 0 Å². The lowest BCUT2D eigenvalue weighted by Gasteiger charge is -2.31. The second kappa shape index (κ2) is 5.56. The van der Waals surface area contributed by atoms with Crippen molar-refractivity contribution in [1.29, 1.82) is 5.26 Å². The van der Waals surface area contributed by atoms with Gasteiger partial charge in [-0.1, -0.05) is 13.8 Å². The zero-order valence-corrected chi connectivity index (χ0v) is 12.1. The number of nitrogens with zero attached hydrogens (tertiary/aromatic N) is 3. The fraction of sp³-hybridized carbons (Fsp3) is 0.667. The summed E-state index contributed by atoms with van der Waals surface area (Å²) in [7, 11) is 0. The van der Waals surface area contributed by atoms with Crippen LogP contribution < -0.4 is 4.74 Å². The van der Waals surface area contributed by atoms with Crippen molar-refractivity contribution in [1.82, 2.24) is 10.2 Å². The van der Waals surface area contributed by atoms with Crippen molar-refractivity contribution in [2.45, 2.75) is 53.1 Å². The number of aryl methyl sites for hydroxylation is 1. The standard InChI is InChI=1S/C15H21N3O/c1-9-5-10(2)7-13(6-9)19-15-14(8-16)11(3)12(4)17-18-15/h9-10,13H,5-7H2,1-4H3. The third-order valence-corrected chi connectivity index (χ3v) is 3.95. The first-order chi connectivity index (χ1) is 9.01. The normalized spacial score (nSPS) is 26.8. The minimum absolute atomic E-state index is 0.155. The van der Waals surface area contributed by atoms with E-state index < -0.39 is 0 Å². The number of nitriles is 1. The molecule has 0 aliphatic heterocycles. The summed E-state index contributed by atoms with van der Waals surface area (Å²) in [5.74, 6) is 1.73. The highest BCUT2D eigenvalue weighted by atomic mass is 16.5. The molecule has 2 unspecified atom stereocenters. The summed E-state index contributed by atoms with van der Waals surface area (Å²) in [4.78, 5) is 0. The van der Waals surface area contributed by atoms with Crippen LogP contribution in [0.1, 0.15) is 49.9 Å². The maximum absolute atomic E-state index is 9.26. The first-order valence-electron chi connectivity index (χ1n) is 6.91. The predicted octanol–water partition coefficient (Wildman–Crippen LogP) is 3.17. The van der Waals surface area contributed by atoms with Crippen molar-refractivity contribution in [3.05, 3.63) is 16.8 Å². The Kier molecular flexibility index (Phi) is 4.04. The van der Waals surface area contributed by atoms with Gasteiger partial charge in [0.25, 0.3) is 5.88 Å². The highest BCUT2D eigenvalue weighted by Gasteiger charge is 2.26. The molecule has 19 heavy (non-hydrogen) atoms. The summed E-state index contributed by atoms with van der Waals surface area (Å²) in [5.41, 5.74) is 2.18. The molecule has 1 aromatic rings. The van der Waals surface area contributed by atoms with Crippen molar-refractivity contribution < 1.29 is 4.74 Å². The zero-order valence-electron chi connectivity index (χ0n) is 12.1. The van der Waals surface area contributed by atoms with Crippen LogP contribution in [0.5, 0.6) is 5.88 Å². The van der Waals surface area contributed by atoms with E-state index in [0.717, 1.165) is 24.1 Å². The Bertz CT molecular complexity index is 497. The molecule has 1 heterocycles. The molecule has 1 aliphatic carbocycles. The second-order valence-electron chi connectivity index (χ2n) is 5.86. The molecule has 1 saturated carbocycles. The number of ether oxygens (including phenoxy) is 1. The molecule has 0 bridgehead atoms. The maximum Gasteiger partial charge on any atom is 0.252 e. The predicted molar refractivity (Wildman–Crippen MR) is 72.8 cm³/mol. The van der Waals surface area contributed by atoms with Crippen LogP contribution in [-0.4, -0.2) is 16.3 Å². The van der Waals surface area contributed by atoms with E-state index in [9.17, 15) is 5.26 Å². The lowest BCUT2D eigenvalue weighted by Crippen LogP contribution is -2.29. The minimum atomic E-state index is 0.155. The van der Waals surface area contributed by atoms with Gasteiger partial charge in [-0.05, 0) is 50.5 Å². The van der Waals surface area contributed by atoms with Crippen LogP contribution in [0, 0.1) is 37.0 Å². The van der Waals surface area contributed by atoms with Crippen LogP contribution in [0.4, 0.5) is 0 Å². The quantitative estimate of drug-likeness (QED) is 0.818. The second-order valence-corrected chi connectivity index (χ2v) is 5.86. The monoisotopic (exact) mass is 259 g/mol. The van der Waals surface area contributed by atoms with Crippen LogP contribution in [0.25, 0.3) is 0 Å². The van der Waals surface area contributed by atoms with Crippen LogP contribution in [0.3, 0.4) is 0 Å². The lowest BCUT2D eigenvalue weighted by molar-refractivity contribution is 0.0952. The van der Waals surface area contributed by atoms with Gasteiger partial charge in [0.15, 0.2) is 0 Å². The van der Waals surface area contributed by atoms with Gasteiger partial charge in [-0.2, -0.15) is 10.4 Å². The van der Waals surface area contributed by atoms with Crippen LogP contribution in [0.2, 0.25) is 0 Å². The molecular formula is C15H21N3O. The summed E-state index contributed by atoms with van der Waals surface area (Å²) < 4.78 is 5.96. The van der Waals surface area contributed by atoms with Gasteiger partial charge >= 0.3 is 0 Å². The van der Waals surface area contributed by atoms with Crippen molar-refractivity contribution in [3.63, 3.8) is 0 Å². The molecule has 2 atom stereocenters. The summed E-state index contributed by atoms with van der Waals surface area (Å²) in [6.07, 6.45) is 3.47. The van der Waals surface area contributed by atoms with Crippen molar-refractivity contribution >= 4 is 0 Å². The largest absolute Gasteiger partial charge is 0.472 e. The molecule has 4 heteroatoms. The highest BCUT2D eigenvalue weighted by Crippen LogP contribution is 2.32. The Morgan fingerprint density at radius 1 is 1.11 bits per heavy atom. The van der Waals surface area contributed by atoms with Crippen molar-refractivity contribution in [2.24, 2.45) is 11.8 Å². The Hall–Kier alpha value is -1.63. The van der Waals surface area contributed by atoms with E-state index in [1.807, 2.05) is 13.8 Å². The van der Waals surface area contributed by atoms with Crippen LogP contribution in [-0.2, 0) is 0 Å².